The fraction of sp³-hybridized carbons (Fsp3) is 0.300. The van der Waals surface area contributed by atoms with Crippen LogP contribution >= 0.6 is 0 Å². The predicted octanol–water partition coefficient (Wildman–Crippen LogP) is 7.20. The minimum atomic E-state index is -0.0898. The van der Waals surface area contributed by atoms with Crippen molar-refractivity contribution in [3.63, 3.8) is 0 Å². The summed E-state index contributed by atoms with van der Waals surface area (Å²) in [5.74, 6) is 1.76. The molecule has 0 saturated heterocycles. The zero-order chi connectivity index (χ0) is 33.5. The Kier molecular flexibility index (Phi) is 8.11. The summed E-state index contributed by atoms with van der Waals surface area (Å²) in [4.78, 5) is 40.4. The highest BCUT2D eigenvalue weighted by atomic mass is 16.5. The summed E-state index contributed by atoms with van der Waals surface area (Å²) in [6, 6.07) is 23.5. The maximum atomic E-state index is 13.6. The van der Waals surface area contributed by atoms with Gasteiger partial charge in [-0.2, -0.15) is 0 Å². The standard InChI is InChI=1S/C40H38N4O5/c1-25-16-31-33(42-23-30-18-27-11-6-7-13-35(27)44(30)40(31)46)20-36(25)48-14-8-3-9-15-49-38-21-34-32(19-37(38)47-2)39(45)43-24-28-12-5-4-10-26(28)17-29(43)22-41-34/h4-7,10-13,16,19-23,29-30H,3,8-9,14-15,17-18,24H2,1-2H3/t29-,30-/m0/s1. The Labute approximate surface area is 285 Å². The van der Waals surface area contributed by atoms with Crippen molar-refractivity contribution in [2.24, 2.45) is 9.98 Å². The Bertz CT molecular complexity index is 2020. The first kappa shape index (κ1) is 30.9. The van der Waals surface area contributed by atoms with Crippen LogP contribution in [-0.4, -0.2) is 61.6 Å². The number of methoxy groups -OCH3 is 1. The second kappa shape index (κ2) is 12.9. The first-order chi connectivity index (χ1) is 24.0. The molecule has 9 heteroatoms. The molecule has 0 N–H and O–H groups in total. The van der Waals surface area contributed by atoms with E-state index in [9.17, 15) is 9.59 Å². The van der Waals surface area contributed by atoms with E-state index < -0.39 is 0 Å². The van der Waals surface area contributed by atoms with Gasteiger partial charge in [0.2, 0.25) is 0 Å². The van der Waals surface area contributed by atoms with E-state index in [1.807, 2.05) is 77.7 Å². The molecule has 4 aromatic carbocycles. The minimum absolute atomic E-state index is 0.0246. The summed E-state index contributed by atoms with van der Waals surface area (Å²) in [5.41, 5.74) is 7.84. The van der Waals surface area contributed by atoms with Crippen LogP contribution in [0.2, 0.25) is 0 Å². The van der Waals surface area contributed by atoms with Crippen molar-refractivity contribution >= 4 is 41.3 Å². The highest BCUT2D eigenvalue weighted by Crippen LogP contribution is 2.40. The van der Waals surface area contributed by atoms with Gasteiger partial charge in [-0.1, -0.05) is 42.5 Å². The molecule has 4 aromatic rings. The molecule has 4 heterocycles. The molecule has 0 spiro atoms. The van der Waals surface area contributed by atoms with Gasteiger partial charge in [-0.05, 0) is 73.1 Å². The number of aliphatic imine (C=N–C) groups is 2. The molecule has 248 valence electrons. The molecular weight excluding hydrogens is 616 g/mol. The summed E-state index contributed by atoms with van der Waals surface area (Å²) in [5, 5.41) is 0. The number of unbranched alkanes of at least 4 members (excludes halogenated alkanes) is 2. The van der Waals surface area contributed by atoms with Crippen molar-refractivity contribution in [3.8, 4) is 17.2 Å². The van der Waals surface area contributed by atoms with Crippen LogP contribution in [0.5, 0.6) is 17.2 Å². The zero-order valence-corrected chi connectivity index (χ0v) is 27.7. The number of fused-ring (bicyclic) bond motifs is 7. The largest absolute Gasteiger partial charge is 0.493 e. The maximum Gasteiger partial charge on any atom is 0.261 e. The van der Waals surface area contributed by atoms with E-state index in [4.69, 9.17) is 24.2 Å². The van der Waals surface area contributed by atoms with E-state index in [1.165, 1.54) is 16.7 Å². The van der Waals surface area contributed by atoms with E-state index in [-0.39, 0.29) is 23.9 Å². The summed E-state index contributed by atoms with van der Waals surface area (Å²) < 4.78 is 17.9. The van der Waals surface area contributed by atoms with Crippen molar-refractivity contribution in [1.82, 2.24) is 4.90 Å². The monoisotopic (exact) mass is 654 g/mol. The molecule has 4 aliphatic rings. The maximum absolute atomic E-state index is 13.6. The van der Waals surface area contributed by atoms with Crippen molar-refractivity contribution in [2.75, 3.05) is 25.2 Å². The average Bonchev–Trinajstić information content (AvgIpc) is 3.37. The van der Waals surface area contributed by atoms with Crippen molar-refractivity contribution in [1.29, 1.82) is 0 Å². The van der Waals surface area contributed by atoms with Gasteiger partial charge < -0.3 is 19.1 Å². The van der Waals surface area contributed by atoms with Crippen LogP contribution in [0.3, 0.4) is 0 Å². The third-order valence-corrected chi connectivity index (χ3v) is 9.89. The van der Waals surface area contributed by atoms with Crippen molar-refractivity contribution < 1.29 is 23.8 Å². The van der Waals surface area contributed by atoms with Crippen LogP contribution in [0.15, 0.2) is 82.8 Å². The van der Waals surface area contributed by atoms with Gasteiger partial charge in [-0.15, -0.1) is 0 Å². The second-order valence-corrected chi connectivity index (χ2v) is 13.0. The smallest absolute Gasteiger partial charge is 0.261 e. The number of rotatable bonds is 9. The number of anilines is 1. The molecule has 0 aromatic heterocycles. The van der Waals surface area contributed by atoms with E-state index in [0.29, 0.717) is 53.8 Å². The molecule has 0 unspecified atom stereocenters. The molecule has 0 fully saturated rings. The Balaban J connectivity index is 0.857. The first-order valence-electron chi connectivity index (χ1n) is 17.0. The Hall–Kier alpha value is -5.44. The molecule has 0 aliphatic carbocycles. The lowest BCUT2D eigenvalue weighted by Gasteiger charge is -2.34. The average molecular weight is 655 g/mol. The van der Waals surface area contributed by atoms with Gasteiger partial charge in [-0.25, -0.2) is 0 Å². The molecule has 8 rings (SSSR count). The lowest BCUT2D eigenvalue weighted by atomic mass is 9.94. The fourth-order valence-corrected chi connectivity index (χ4v) is 7.27. The number of amides is 2. The zero-order valence-electron chi connectivity index (χ0n) is 27.7. The molecule has 9 nitrogen and oxygen atoms in total. The van der Waals surface area contributed by atoms with Gasteiger partial charge in [0.05, 0.1) is 54.9 Å². The molecule has 2 atom stereocenters. The van der Waals surface area contributed by atoms with Crippen LogP contribution in [0.4, 0.5) is 17.1 Å². The van der Waals surface area contributed by atoms with Gasteiger partial charge in [0.1, 0.15) is 5.75 Å². The predicted molar refractivity (Wildman–Crippen MR) is 190 cm³/mol. The number of nitrogens with zero attached hydrogens (tertiary/aromatic N) is 4. The van der Waals surface area contributed by atoms with Gasteiger partial charge in [0, 0.05) is 43.2 Å². The van der Waals surface area contributed by atoms with Crippen LogP contribution in [0, 0.1) is 6.92 Å². The van der Waals surface area contributed by atoms with Gasteiger partial charge in [0.15, 0.2) is 11.5 Å². The fourth-order valence-electron chi connectivity index (χ4n) is 7.27. The summed E-state index contributed by atoms with van der Waals surface area (Å²) in [6.07, 6.45) is 7.85. The number of ether oxygens (including phenoxy) is 3. The Morgan fingerprint density at radius 2 is 1.33 bits per heavy atom. The summed E-state index contributed by atoms with van der Waals surface area (Å²) in [6.45, 7) is 3.56. The number of benzene rings is 4. The van der Waals surface area contributed by atoms with Crippen LogP contribution in [-0.2, 0) is 19.4 Å². The third kappa shape index (κ3) is 5.73. The third-order valence-electron chi connectivity index (χ3n) is 9.89. The molecule has 2 amide bonds. The molecular formula is C40H38N4O5. The van der Waals surface area contributed by atoms with E-state index in [2.05, 4.69) is 18.2 Å². The molecule has 0 saturated carbocycles. The number of para-hydroxylation sites is 1. The minimum Gasteiger partial charge on any atom is -0.493 e. The van der Waals surface area contributed by atoms with E-state index in [0.717, 1.165) is 49.1 Å². The van der Waals surface area contributed by atoms with Crippen molar-refractivity contribution in [3.05, 3.63) is 106 Å². The molecule has 4 aliphatic heterocycles. The molecule has 0 bridgehead atoms. The van der Waals surface area contributed by atoms with Crippen LogP contribution in [0.1, 0.15) is 62.2 Å². The normalized spacial score (nSPS) is 18.4. The number of hydrogen-bond donors (Lipinski definition) is 0. The number of hydrogen-bond acceptors (Lipinski definition) is 7. The van der Waals surface area contributed by atoms with Crippen molar-refractivity contribution in [2.45, 2.75) is 57.7 Å². The SMILES string of the molecule is COc1cc2c(cc1OCCCCCOc1cc3c(cc1C)C(=O)N1c4ccccc4C[C@H]1C=N3)N=C[C@@H]1Cc3ccccc3CN1C2=O. The summed E-state index contributed by atoms with van der Waals surface area (Å²) in [7, 11) is 1.59. The van der Waals surface area contributed by atoms with E-state index >= 15 is 0 Å². The second-order valence-electron chi connectivity index (χ2n) is 13.0. The highest BCUT2D eigenvalue weighted by molar-refractivity contribution is 6.14. The number of aryl methyl sites for hydroxylation is 1. The Morgan fingerprint density at radius 1 is 0.694 bits per heavy atom. The molecule has 0 radical (unpaired) electrons. The lowest BCUT2D eigenvalue weighted by molar-refractivity contribution is 0.0703. The quantitative estimate of drug-likeness (QED) is 0.178. The first-order valence-corrected chi connectivity index (χ1v) is 17.0. The van der Waals surface area contributed by atoms with E-state index in [1.54, 1.807) is 13.2 Å². The van der Waals surface area contributed by atoms with Gasteiger partial charge in [0.25, 0.3) is 11.8 Å². The summed E-state index contributed by atoms with van der Waals surface area (Å²) >= 11 is 0. The highest BCUT2D eigenvalue weighted by Gasteiger charge is 2.36. The number of carbonyl (C=O) groups is 2. The van der Waals surface area contributed by atoms with Gasteiger partial charge >= 0.3 is 0 Å². The Morgan fingerprint density at radius 3 is 2.10 bits per heavy atom. The van der Waals surface area contributed by atoms with Gasteiger partial charge in [-0.3, -0.25) is 24.5 Å². The topological polar surface area (TPSA) is 93.0 Å². The van der Waals surface area contributed by atoms with Crippen LogP contribution < -0.4 is 19.1 Å². The molecule has 49 heavy (non-hydrogen) atoms. The number of carbonyl (C=O) groups excluding carboxylic acids is 2. The van der Waals surface area contributed by atoms with Crippen LogP contribution in [0.25, 0.3) is 0 Å². The lowest BCUT2D eigenvalue weighted by Crippen LogP contribution is -2.44.